The van der Waals surface area contributed by atoms with Gasteiger partial charge in [0, 0.05) is 42.4 Å². The van der Waals surface area contributed by atoms with Crippen LogP contribution in [0.3, 0.4) is 0 Å². The van der Waals surface area contributed by atoms with Crippen LogP contribution in [0.2, 0.25) is 0 Å². The predicted molar refractivity (Wildman–Crippen MR) is 170 cm³/mol. The van der Waals surface area contributed by atoms with Crippen molar-refractivity contribution in [3.05, 3.63) is 84.1 Å². The molecule has 2 saturated carbocycles. The first kappa shape index (κ1) is 28.6. The van der Waals surface area contributed by atoms with Crippen LogP contribution in [-0.2, 0) is 12.8 Å². The molecule has 3 aliphatic carbocycles. The van der Waals surface area contributed by atoms with E-state index < -0.39 is 11.2 Å². The number of aromatic nitrogens is 1. The normalized spacial score (nSPS) is 32.6. The molecule has 0 spiro atoms. The van der Waals surface area contributed by atoms with E-state index >= 15 is 0 Å². The number of para-hydroxylation sites is 1. The molecule has 6 atom stereocenters. The molecule has 0 amide bonds. The number of aliphatic hydroxyl groups is 2. The summed E-state index contributed by atoms with van der Waals surface area (Å²) in [6.45, 7) is 7.21. The van der Waals surface area contributed by atoms with Crippen LogP contribution >= 0.6 is 0 Å². The van der Waals surface area contributed by atoms with Crippen LogP contribution in [0.5, 0.6) is 0 Å². The highest BCUT2D eigenvalue weighted by molar-refractivity contribution is 5.80. The summed E-state index contributed by atoms with van der Waals surface area (Å²) in [5.41, 5.74) is 8.85. The molecule has 6 unspecified atom stereocenters. The second-order valence-corrected chi connectivity index (χ2v) is 13.3. The van der Waals surface area contributed by atoms with E-state index in [-0.39, 0.29) is 23.3 Å². The number of aromatic amines is 1. The predicted octanol–water partition coefficient (Wildman–Crippen LogP) is 5.26. The molecule has 2 fully saturated rings. The van der Waals surface area contributed by atoms with E-state index in [4.69, 9.17) is 5.73 Å². The number of H-pyrrole nitrogens is 1. The second kappa shape index (κ2) is 11.3. The number of nitrogens with one attached hydrogen (secondary N) is 2. The van der Waals surface area contributed by atoms with Crippen molar-refractivity contribution >= 4 is 16.9 Å². The van der Waals surface area contributed by atoms with E-state index in [0.717, 1.165) is 48.9 Å². The fourth-order valence-corrected chi connectivity index (χ4v) is 7.96. The van der Waals surface area contributed by atoms with Crippen LogP contribution < -0.4 is 11.1 Å². The Balaban J connectivity index is 1.26. The summed E-state index contributed by atoms with van der Waals surface area (Å²) in [5.74, 6) is 7.26. The summed E-state index contributed by atoms with van der Waals surface area (Å²) < 4.78 is 0. The zero-order valence-corrected chi connectivity index (χ0v) is 24.7. The first-order valence-electron chi connectivity index (χ1n) is 15.4. The van der Waals surface area contributed by atoms with Crippen molar-refractivity contribution in [2.24, 2.45) is 28.0 Å². The Labute approximate surface area is 249 Å². The summed E-state index contributed by atoms with van der Waals surface area (Å²) in [4.78, 5) is 8.13. The molecule has 2 bridgehead atoms. The molecule has 0 aliphatic heterocycles. The number of hydrogen-bond donors (Lipinski definition) is 5. The fraction of sp³-hybridized carbons (Fsp3) is 0.472. The minimum Gasteiger partial charge on any atom is -0.390 e. The number of nitrogens with two attached hydrogens (primary N) is 1. The average molecular weight is 565 g/mol. The second-order valence-electron chi connectivity index (χ2n) is 13.3. The highest BCUT2D eigenvalue weighted by Crippen LogP contribution is 2.59. The molecule has 1 aromatic heterocycles. The Morgan fingerprint density at radius 3 is 2.67 bits per heavy atom. The van der Waals surface area contributed by atoms with Crippen molar-refractivity contribution in [3.8, 4) is 11.8 Å². The zero-order valence-electron chi connectivity index (χ0n) is 24.7. The van der Waals surface area contributed by atoms with E-state index in [9.17, 15) is 10.2 Å². The largest absolute Gasteiger partial charge is 0.390 e. The van der Waals surface area contributed by atoms with Crippen LogP contribution in [0.25, 0.3) is 10.9 Å². The van der Waals surface area contributed by atoms with Gasteiger partial charge in [0.25, 0.3) is 0 Å². The Bertz CT molecular complexity index is 1500. The van der Waals surface area contributed by atoms with Crippen molar-refractivity contribution in [2.45, 2.75) is 82.0 Å². The third kappa shape index (κ3) is 5.73. The molecule has 220 valence electrons. The molecule has 42 heavy (non-hydrogen) atoms. The van der Waals surface area contributed by atoms with Gasteiger partial charge in [-0.2, -0.15) is 0 Å². The minimum absolute atomic E-state index is 0.0286. The molecule has 6 N–H and O–H groups in total. The lowest BCUT2D eigenvalue weighted by Gasteiger charge is -2.41. The number of fused-ring (bicyclic) bond motifs is 2. The number of hydrogen-bond acceptors (Lipinski definition) is 3. The van der Waals surface area contributed by atoms with Gasteiger partial charge in [0.1, 0.15) is 0 Å². The van der Waals surface area contributed by atoms with E-state index in [0.29, 0.717) is 38.2 Å². The molecular formula is C36H44N4O2. The van der Waals surface area contributed by atoms with Gasteiger partial charge in [-0.15, -0.1) is 5.92 Å². The molecule has 1 heterocycles. The minimum atomic E-state index is -0.952. The van der Waals surface area contributed by atoms with Gasteiger partial charge >= 0.3 is 0 Å². The Morgan fingerprint density at radius 2 is 1.86 bits per heavy atom. The van der Waals surface area contributed by atoms with Crippen molar-refractivity contribution in [1.82, 2.24) is 10.3 Å². The number of guanidine groups is 1. The van der Waals surface area contributed by atoms with Crippen LogP contribution in [-0.4, -0.2) is 44.9 Å². The van der Waals surface area contributed by atoms with E-state index in [2.05, 4.69) is 70.1 Å². The summed E-state index contributed by atoms with van der Waals surface area (Å²) in [6.07, 6.45) is 6.35. The molecule has 3 aliphatic rings. The number of allylic oxidation sites excluding steroid dienone is 1. The van der Waals surface area contributed by atoms with Crippen molar-refractivity contribution in [3.63, 3.8) is 0 Å². The number of nitrogens with zero attached hydrogens (tertiary/aromatic N) is 1. The van der Waals surface area contributed by atoms with Crippen molar-refractivity contribution in [2.75, 3.05) is 6.54 Å². The van der Waals surface area contributed by atoms with Gasteiger partial charge in [-0.1, -0.05) is 66.6 Å². The zero-order chi connectivity index (χ0) is 29.4. The first-order chi connectivity index (χ1) is 20.2. The molecule has 6 heteroatoms. The SMILES string of the molecule is C=C(Cc1cc2ccccc2[nH]1)C12CC#CC(NC(N)=NCCc3ccccc3)CC3(O)CCC(C3C1)C(C)(O)CC2. The van der Waals surface area contributed by atoms with E-state index in [1.807, 2.05) is 31.2 Å². The van der Waals surface area contributed by atoms with Crippen molar-refractivity contribution in [1.29, 1.82) is 0 Å². The molecule has 0 radical (unpaired) electrons. The van der Waals surface area contributed by atoms with Gasteiger partial charge in [-0.25, -0.2) is 0 Å². The summed E-state index contributed by atoms with van der Waals surface area (Å²) >= 11 is 0. The van der Waals surface area contributed by atoms with Gasteiger partial charge < -0.3 is 26.2 Å². The lowest BCUT2D eigenvalue weighted by molar-refractivity contribution is -0.0677. The quantitative estimate of drug-likeness (QED) is 0.117. The van der Waals surface area contributed by atoms with Gasteiger partial charge in [0.05, 0.1) is 17.2 Å². The third-order valence-corrected chi connectivity index (χ3v) is 10.4. The standard InChI is InChI=1S/C36H44N4O2/c1-25(21-29-22-27-11-6-7-13-32(27)39-29)35-16-8-12-28(40-33(37)38-20-15-26-9-4-3-5-10-26)23-36(42)17-14-30(31(36)24-35)34(2,41)18-19-35/h3-7,9-11,13,22,28,30-31,39,41-42H,1,14-21,23-24H2,2H3,(H3,37,38,40). The first-order valence-corrected chi connectivity index (χ1v) is 15.4. The van der Waals surface area contributed by atoms with Crippen LogP contribution in [0.15, 0.2) is 77.8 Å². The Hall–Kier alpha value is -3.53. The number of aliphatic imine (C=N–C) groups is 1. The number of rotatable bonds is 7. The summed E-state index contributed by atoms with van der Waals surface area (Å²) in [6, 6.07) is 20.5. The molecule has 3 aromatic rings. The number of benzene rings is 2. The maximum absolute atomic E-state index is 12.3. The summed E-state index contributed by atoms with van der Waals surface area (Å²) in [7, 11) is 0. The highest BCUT2D eigenvalue weighted by Gasteiger charge is 2.58. The van der Waals surface area contributed by atoms with Gasteiger partial charge in [-0.05, 0) is 80.4 Å². The smallest absolute Gasteiger partial charge is 0.189 e. The Morgan fingerprint density at radius 1 is 1.07 bits per heavy atom. The lowest BCUT2D eigenvalue weighted by atomic mass is 9.66. The molecule has 6 rings (SSSR count). The van der Waals surface area contributed by atoms with Crippen LogP contribution in [0, 0.1) is 29.1 Å². The summed E-state index contributed by atoms with van der Waals surface area (Å²) in [5, 5.41) is 28.5. The Kier molecular flexibility index (Phi) is 7.68. The van der Waals surface area contributed by atoms with Crippen LogP contribution in [0.1, 0.15) is 63.1 Å². The molecule has 0 saturated heterocycles. The monoisotopic (exact) mass is 564 g/mol. The van der Waals surface area contributed by atoms with Crippen LogP contribution in [0.4, 0.5) is 0 Å². The highest BCUT2D eigenvalue weighted by atomic mass is 16.3. The van der Waals surface area contributed by atoms with Gasteiger partial charge in [-0.3, -0.25) is 4.99 Å². The van der Waals surface area contributed by atoms with E-state index in [1.165, 1.54) is 10.9 Å². The van der Waals surface area contributed by atoms with Gasteiger partial charge in [0.15, 0.2) is 5.96 Å². The maximum Gasteiger partial charge on any atom is 0.189 e. The fourth-order valence-electron chi connectivity index (χ4n) is 7.96. The average Bonchev–Trinajstić information content (AvgIpc) is 3.49. The molecule has 6 nitrogen and oxygen atoms in total. The topological polar surface area (TPSA) is 107 Å². The lowest BCUT2D eigenvalue weighted by Crippen LogP contribution is -2.48. The molecule has 2 aromatic carbocycles. The molecular weight excluding hydrogens is 520 g/mol. The third-order valence-electron chi connectivity index (χ3n) is 10.4. The van der Waals surface area contributed by atoms with Gasteiger partial charge in [0.2, 0.25) is 0 Å². The van der Waals surface area contributed by atoms with Crippen molar-refractivity contribution < 1.29 is 10.2 Å². The maximum atomic E-state index is 12.3. The van der Waals surface area contributed by atoms with E-state index in [1.54, 1.807) is 0 Å².